The number of hydrogen-bond donors (Lipinski definition) is 8. The number of methoxy groups -OCH3 is 1. The molecule has 0 aliphatic carbocycles. The fourth-order valence-electron chi connectivity index (χ4n) is 12.2. The van der Waals surface area contributed by atoms with Crippen molar-refractivity contribution in [2.24, 2.45) is 0 Å². The van der Waals surface area contributed by atoms with Gasteiger partial charge in [0.2, 0.25) is 0 Å². The number of aryl methyl sites for hydroxylation is 3. The first-order valence-electron chi connectivity index (χ1n) is 27.4. The SMILES string of the molecule is COc1c(C)cc(C2c3ccc(O)c(C)c3OCC2c2ccc(O)cc2)cc1C.Cc1c(O)ccc2c1OCC(c1ccc(O)cc1)C2c1ccc(O)cc1.Cc1cc(C2c3ccc(O)c(C)c3OCC2c2ccc(O)cc2)ccc1O. The lowest BCUT2D eigenvalue weighted by molar-refractivity contribution is 0.245. The molecule has 9 aromatic carbocycles. The first-order valence-corrected chi connectivity index (χ1v) is 27.4. The van der Waals surface area contributed by atoms with Crippen LogP contribution in [0.25, 0.3) is 0 Å². The van der Waals surface area contributed by atoms with E-state index in [4.69, 9.17) is 18.9 Å². The minimum absolute atomic E-state index is 0.0110. The van der Waals surface area contributed by atoms with E-state index in [1.54, 1.807) is 79.9 Å². The van der Waals surface area contributed by atoms with Gasteiger partial charge in [0.05, 0.1) is 26.9 Å². The minimum atomic E-state index is 0.0110. The molecule has 0 aromatic heterocycles. The summed E-state index contributed by atoms with van der Waals surface area (Å²) in [6.45, 7) is 13.0. The Morgan fingerprint density at radius 2 is 0.598 bits per heavy atom. The lowest BCUT2D eigenvalue weighted by atomic mass is 9.74. The minimum Gasteiger partial charge on any atom is -0.508 e. The monoisotopic (exact) mass is 1100 g/mol. The Balaban J connectivity index is 0.000000138. The van der Waals surface area contributed by atoms with Gasteiger partial charge < -0.3 is 59.8 Å². The smallest absolute Gasteiger partial charge is 0.129 e. The average molecular weight is 1100 g/mol. The van der Waals surface area contributed by atoms with E-state index in [0.717, 1.165) is 101 Å². The van der Waals surface area contributed by atoms with Crippen molar-refractivity contribution in [2.75, 3.05) is 26.9 Å². The summed E-state index contributed by atoms with van der Waals surface area (Å²) in [5.74, 6) is 5.27. The Bertz CT molecular complexity index is 3740. The molecule has 3 aliphatic heterocycles. The first-order chi connectivity index (χ1) is 39.4. The topological polar surface area (TPSA) is 199 Å². The van der Waals surface area contributed by atoms with Crippen molar-refractivity contribution in [3.63, 3.8) is 0 Å². The van der Waals surface area contributed by atoms with E-state index in [1.807, 2.05) is 107 Å². The lowest BCUT2D eigenvalue weighted by Gasteiger charge is -2.36. The second kappa shape index (κ2) is 23.3. The number of phenolic OH excluding ortho intramolecular Hbond substituents is 8. The van der Waals surface area contributed by atoms with Crippen molar-refractivity contribution in [1.82, 2.24) is 0 Å². The van der Waals surface area contributed by atoms with E-state index in [2.05, 4.69) is 26.0 Å². The Morgan fingerprint density at radius 1 is 0.317 bits per heavy atom. The molecule has 0 saturated heterocycles. The van der Waals surface area contributed by atoms with Crippen LogP contribution in [0.1, 0.15) is 119 Å². The van der Waals surface area contributed by atoms with E-state index in [1.165, 1.54) is 5.56 Å². The van der Waals surface area contributed by atoms with Gasteiger partial charge in [-0.2, -0.15) is 0 Å². The molecule has 12 rings (SSSR count). The summed E-state index contributed by atoms with van der Waals surface area (Å²) in [6, 6.07) is 49.9. The molecular weight excluding hydrogens is 1030 g/mol. The van der Waals surface area contributed by atoms with Gasteiger partial charge in [-0.1, -0.05) is 91.0 Å². The van der Waals surface area contributed by atoms with Gasteiger partial charge in [0.25, 0.3) is 0 Å². The summed E-state index contributed by atoms with van der Waals surface area (Å²) >= 11 is 0. The van der Waals surface area contributed by atoms with Crippen LogP contribution < -0.4 is 18.9 Å². The highest BCUT2D eigenvalue weighted by Crippen LogP contribution is 2.53. The molecule has 6 unspecified atom stereocenters. The molecule has 3 aliphatic rings. The van der Waals surface area contributed by atoms with Crippen molar-refractivity contribution >= 4 is 0 Å². The van der Waals surface area contributed by atoms with Crippen molar-refractivity contribution < 1.29 is 59.8 Å². The van der Waals surface area contributed by atoms with E-state index in [9.17, 15) is 40.9 Å². The molecule has 0 fully saturated rings. The van der Waals surface area contributed by atoms with Crippen molar-refractivity contribution in [2.45, 2.75) is 77.0 Å². The van der Waals surface area contributed by atoms with Gasteiger partial charge in [-0.05, 0) is 164 Å². The second-order valence-electron chi connectivity index (χ2n) is 21.7. The molecule has 9 aromatic rings. The summed E-state index contributed by atoms with van der Waals surface area (Å²) in [4.78, 5) is 0. The summed E-state index contributed by atoms with van der Waals surface area (Å²) in [6.07, 6.45) is 0. The van der Waals surface area contributed by atoms with Gasteiger partial charge in [-0.15, -0.1) is 0 Å². The summed E-state index contributed by atoms with van der Waals surface area (Å²) < 4.78 is 23.8. The number of benzene rings is 9. The van der Waals surface area contributed by atoms with Crippen LogP contribution in [0.2, 0.25) is 0 Å². The van der Waals surface area contributed by atoms with Crippen molar-refractivity contribution in [1.29, 1.82) is 0 Å². The number of aromatic hydroxyl groups is 8. The maximum atomic E-state index is 10.2. The number of rotatable bonds is 7. The van der Waals surface area contributed by atoms with Gasteiger partial charge in [-0.25, -0.2) is 0 Å². The fraction of sp³-hybridized carbons (Fsp3) is 0.229. The lowest BCUT2D eigenvalue weighted by Crippen LogP contribution is -2.26. The number of hydrogen-bond acceptors (Lipinski definition) is 12. The molecule has 12 nitrogen and oxygen atoms in total. The Morgan fingerprint density at radius 3 is 0.927 bits per heavy atom. The van der Waals surface area contributed by atoms with Crippen LogP contribution in [0, 0.1) is 41.5 Å². The standard InChI is InChI=1S/C25H26O4.C23H22O4.C22H20O4/c1-14-11-18(12-15(2)24(14)28-4)23-20-9-10-22(27)16(3)25(20)29-13-21(23)17-5-7-19(26)8-6-17;1-13-11-16(5-9-20(13)25)22-18-8-10-21(26)14(2)23(18)27-12-19(22)15-3-6-17(24)7-4-15;1-13-20(25)11-10-18-21(15-4-8-17(24)9-5-15)19(12-26-22(13)18)14-2-6-16(23)7-3-14/h5-12,21,23,26-27H,13H2,1-4H3;3-11,19,22,24-26H,12H2,1-2H3;2-11,19,21,23-25H,12H2,1H3. The predicted octanol–water partition coefficient (Wildman–Crippen LogP) is 14.5. The molecule has 3 heterocycles. The summed E-state index contributed by atoms with van der Waals surface area (Å²) in [5, 5.41) is 78.9. The van der Waals surface area contributed by atoms with Gasteiger partial charge >= 0.3 is 0 Å². The van der Waals surface area contributed by atoms with Crippen LogP contribution in [-0.2, 0) is 0 Å². The van der Waals surface area contributed by atoms with E-state index >= 15 is 0 Å². The van der Waals surface area contributed by atoms with E-state index < -0.39 is 0 Å². The highest BCUT2D eigenvalue weighted by atomic mass is 16.5. The van der Waals surface area contributed by atoms with Gasteiger partial charge in [0.15, 0.2) is 0 Å². The Labute approximate surface area is 478 Å². The van der Waals surface area contributed by atoms with Crippen molar-refractivity contribution in [3.05, 3.63) is 247 Å². The molecule has 8 N–H and O–H groups in total. The third-order valence-corrected chi connectivity index (χ3v) is 16.5. The summed E-state index contributed by atoms with van der Waals surface area (Å²) in [7, 11) is 1.70. The zero-order chi connectivity index (χ0) is 58.1. The molecule has 0 amide bonds. The third kappa shape index (κ3) is 11.1. The quantitative estimate of drug-likeness (QED) is 0.0753. The zero-order valence-corrected chi connectivity index (χ0v) is 46.9. The van der Waals surface area contributed by atoms with Gasteiger partial charge in [0, 0.05) is 68.9 Å². The van der Waals surface area contributed by atoms with Crippen molar-refractivity contribution in [3.8, 4) is 69.0 Å². The van der Waals surface area contributed by atoms with Crippen LogP contribution in [0.5, 0.6) is 69.0 Å². The number of phenols is 8. The van der Waals surface area contributed by atoms with Crippen LogP contribution in [0.4, 0.5) is 0 Å². The molecule has 12 heteroatoms. The fourth-order valence-corrected chi connectivity index (χ4v) is 12.2. The Kier molecular flexibility index (Phi) is 15.9. The molecular formula is C70H68O12. The normalized spacial score (nSPS) is 18.5. The van der Waals surface area contributed by atoms with Crippen LogP contribution in [0.15, 0.2) is 164 Å². The van der Waals surface area contributed by atoms with Crippen LogP contribution in [0.3, 0.4) is 0 Å². The molecule has 82 heavy (non-hydrogen) atoms. The molecule has 0 radical (unpaired) electrons. The van der Waals surface area contributed by atoms with Crippen LogP contribution in [-0.4, -0.2) is 67.8 Å². The third-order valence-electron chi connectivity index (χ3n) is 16.5. The summed E-state index contributed by atoms with van der Waals surface area (Å²) in [5.41, 5.74) is 14.9. The molecule has 0 spiro atoms. The highest BCUT2D eigenvalue weighted by molar-refractivity contribution is 5.60. The largest absolute Gasteiger partial charge is 0.508 e. The Hall–Kier alpha value is -9.42. The maximum absolute atomic E-state index is 10.2. The highest BCUT2D eigenvalue weighted by Gasteiger charge is 2.38. The second-order valence-corrected chi connectivity index (χ2v) is 21.7. The first kappa shape index (κ1) is 55.9. The van der Waals surface area contributed by atoms with Gasteiger partial charge in [0.1, 0.15) is 69.0 Å². The predicted molar refractivity (Wildman–Crippen MR) is 317 cm³/mol. The number of fused-ring (bicyclic) bond motifs is 3. The average Bonchev–Trinajstić information content (AvgIpc) is 3.39. The zero-order valence-electron chi connectivity index (χ0n) is 46.9. The number of ether oxygens (including phenoxy) is 4. The maximum Gasteiger partial charge on any atom is 0.129 e. The van der Waals surface area contributed by atoms with Gasteiger partial charge in [-0.3, -0.25) is 0 Å². The molecule has 420 valence electrons. The molecule has 0 saturated carbocycles. The van der Waals surface area contributed by atoms with E-state index in [0.29, 0.717) is 19.8 Å². The van der Waals surface area contributed by atoms with E-state index in [-0.39, 0.29) is 81.5 Å². The molecule has 6 atom stereocenters. The molecule has 0 bridgehead atoms. The van der Waals surface area contributed by atoms with Crippen LogP contribution >= 0.6 is 0 Å².